The molecule has 2 aromatic carbocycles. The lowest BCUT2D eigenvalue weighted by Gasteiger charge is -2.35. The summed E-state index contributed by atoms with van der Waals surface area (Å²) in [7, 11) is 0. The van der Waals surface area contributed by atoms with Gasteiger partial charge in [0.2, 0.25) is 11.8 Å². The molecule has 0 N–H and O–H groups in total. The maximum absolute atomic E-state index is 14.4. The van der Waals surface area contributed by atoms with Crippen molar-refractivity contribution >= 4 is 57.7 Å². The quantitative estimate of drug-likeness (QED) is 0.314. The van der Waals surface area contributed by atoms with Gasteiger partial charge in [-0.1, -0.05) is 36.4 Å². The average molecular weight is 595 g/mol. The first-order chi connectivity index (χ1) is 20.4. The maximum Gasteiger partial charge on any atom is 0.253 e. The van der Waals surface area contributed by atoms with Gasteiger partial charge in [-0.3, -0.25) is 19.2 Å². The molecule has 0 spiro atoms. The van der Waals surface area contributed by atoms with Crippen LogP contribution in [0, 0.1) is 25.7 Å². The van der Waals surface area contributed by atoms with Crippen LogP contribution in [0.4, 0.5) is 11.4 Å². The van der Waals surface area contributed by atoms with Crippen molar-refractivity contribution in [1.82, 2.24) is 10.0 Å². The third kappa shape index (κ3) is 3.40. The Labute approximate surface area is 250 Å². The Kier molecular flexibility index (Phi) is 5.68. The van der Waals surface area contributed by atoms with E-state index in [0.29, 0.717) is 11.4 Å². The Morgan fingerprint density at radius 3 is 1.31 bits per heavy atom. The number of carbonyl (C=O) groups is 4. The molecule has 4 aliphatic rings. The van der Waals surface area contributed by atoms with Crippen molar-refractivity contribution in [1.29, 1.82) is 0 Å². The smallest absolute Gasteiger partial charge is 0.253 e. The lowest BCUT2D eigenvalue weighted by Crippen LogP contribution is -2.50. The van der Waals surface area contributed by atoms with E-state index in [1.165, 1.54) is 32.5 Å². The Hall–Kier alpha value is -3.96. The molecule has 210 valence electrons. The second kappa shape index (κ2) is 9.27. The molecule has 8 rings (SSSR count). The average Bonchev–Trinajstić information content (AvgIpc) is 3.79. The molecular weight excluding hydrogens is 569 g/mol. The number of hydrogen-bond acceptors (Lipinski definition) is 8. The summed E-state index contributed by atoms with van der Waals surface area (Å²) in [6.07, 6.45) is 0. The van der Waals surface area contributed by atoms with Crippen LogP contribution in [0.2, 0.25) is 0 Å². The summed E-state index contributed by atoms with van der Waals surface area (Å²) >= 11 is 2.99. The van der Waals surface area contributed by atoms with Crippen molar-refractivity contribution in [3.63, 3.8) is 0 Å². The summed E-state index contributed by atoms with van der Waals surface area (Å²) in [5.74, 6) is -2.66. The van der Waals surface area contributed by atoms with Gasteiger partial charge in [0.15, 0.2) is 0 Å². The van der Waals surface area contributed by atoms with E-state index in [4.69, 9.17) is 0 Å². The maximum atomic E-state index is 14.4. The van der Waals surface area contributed by atoms with E-state index in [9.17, 15) is 19.2 Å². The molecule has 2 aromatic heterocycles. The number of imide groups is 2. The van der Waals surface area contributed by atoms with E-state index in [0.717, 1.165) is 20.9 Å². The molecule has 4 amide bonds. The standard InChI is InChI=1S/C32H26N4O4S2/c1-17-7-3-9-19(15-17)33-29(37)23-25(21-11-5-13-41-21)36-28-24(26(22-12-6-14-42-22)35(36)27(23)31(33)39)30(38)34(32(28)40)20-10-4-8-18(2)16-20/h3-16,23-28H,1-2H3/t23-,24-,25+,26+,27-,28+/m0/s1. The molecule has 42 heavy (non-hydrogen) atoms. The Morgan fingerprint density at radius 2 is 0.952 bits per heavy atom. The fourth-order valence-electron chi connectivity index (χ4n) is 7.35. The predicted octanol–water partition coefficient (Wildman–Crippen LogP) is 4.87. The van der Waals surface area contributed by atoms with Crippen molar-refractivity contribution < 1.29 is 19.2 Å². The van der Waals surface area contributed by atoms with Crippen LogP contribution < -0.4 is 9.80 Å². The van der Waals surface area contributed by atoms with Gasteiger partial charge in [0.25, 0.3) is 11.8 Å². The molecule has 0 saturated carbocycles. The number of hydrazine groups is 1. The number of amides is 4. The van der Waals surface area contributed by atoms with Crippen LogP contribution in [0.5, 0.6) is 0 Å². The van der Waals surface area contributed by atoms with E-state index < -0.39 is 36.0 Å². The molecule has 0 bridgehead atoms. The summed E-state index contributed by atoms with van der Waals surface area (Å²) in [5.41, 5.74) is 2.98. The van der Waals surface area contributed by atoms with E-state index in [2.05, 4.69) is 0 Å². The summed E-state index contributed by atoms with van der Waals surface area (Å²) in [6, 6.07) is 19.7. The van der Waals surface area contributed by atoms with E-state index >= 15 is 0 Å². The van der Waals surface area contributed by atoms with Gasteiger partial charge in [-0.25, -0.2) is 19.8 Å². The van der Waals surface area contributed by atoms with Crippen LogP contribution in [-0.2, 0) is 19.2 Å². The number of aryl methyl sites for hydroxylation is 2. The normalized spacial score (nSPS) is 29.1. The van der Waals surface area contributed by atoms with Crippen molar-refractivity contribution in [3.8, 4) is 0 Å². The fraction of sp³-hybridized carbons (Fsp3) is 0.250. The number of thiophene rings is 2. The highest BCUT2D eigenvalue weighted by atomic mass is 32.1. The molecule has 6 heterocycles. The van der Waals surface area contributed by atoms with Crippen molar-refractivity contribution in [2.75, 3.05) is 9.80 Å². The van der Waals surface area contributed by atoms with Crippen molar-refractivity contribution in [3.05, 3.63) is 104 Å². The van der Waals surface area contributed by atoms with Gasteiger partial charge in [0.1, 0.15) is 12.1 Å². The number of hydrogen-bond donors (Lipinski definition) is 0. The number of fused-ring (bicyclic) bond motifs is 5. The SMILES string of the molecule is Cc1cccc(N2C(=O)[C@@H]3[C@@H](C2=O)N2[C@H](c4cccs4)[C@@H]4C(=O)N(c5cccc(C)c5)C(=O)[C@@H]4N2[C@@H]3c2cccs2)c1. The summed E-state index contributed by atoms with van der Waals surface area (Å²) in [6.45, 7) is 3.86. The molecule has 0 radical (unpaired) electrons. The minimum Gasteiger partial charge on any atom is -0.274 e. The third-order valence-electron chi connectivity index (χ3n) is 8.91. The first-order valence-electron chi connectivity index (χ1n) is 13.9. The number of carbonyl (C=O) groups excluding carboxylic acids is 4. The van der Waals surface area contributed by atoms with Gasteiger partial charge >= 0.3 is 0 Å². The Balaban J connectivity index is 1.31. The highest BCUT2D eigenvalue weighted by Gasteiger charge is 2.74. The fourth-order valence-corrected chi connectivity index (χ4v) is 9.09. The largest absolute Gasteiger partial charge is 0.274 e. The van der Waals surface area contributed by atoms with Crippen LogP contribution >= 0.6 is 22.7 Å². The van der Waals surface area contributed by atoms with Crippen LogP contribution in [0.15, 0.2) is 83.6 Å². The minimum absolute atomic E-state index is 0.280. The van der Waals surface area contributed by atoms with Crippen molar-refractivity contribution in [2.24, 2.45) is 11.8 Å². The highest BCUT2D eigenvalue weighted by molar-refractivity contribution is 7.10. The van der Waals surface area contributed by atoms with Crippen molar-refractivity contribution in [2.45, 2.75) is 38.0 Å². The van der Waals surface area contributed by atoms with Gasteiger partial charge in [0.05, 0.1) is 35.3 Å². The first-order valence-corrected chi connectivity index (χ1v) is 15.6. The third-order valence-corrected chi connectivity index (χ3v) is 10.8. The zero-order chi connectivity index (χ0) is 28.9. The molecular formula is C32H26N4O4S2. The molecule has 10 heteroatoms. The van der Waals surface area contributed by atoms with Crippen LogP contribution in [0.1, 0.15) is 33.0 Å². The molecule has 0 aliphatic carbocycles. The Morgan fingerprint density at radius 1 is 0.524 bits per heavy atom. The van der Waals surface area contributed by atoms with E-state index in [1.807, 2.05) is 95.3 Å². The molecule has 4 saturated heterocycles. The lowest BCUT2D eigenvalue weighted by molar-refractivity contribution is -0.135. The van der Waals surface area contributed by atoms with Gasteiger partial charge < -0.3 is 0 Å². The van der Waals surface area contributed by atoms with Gasteiger partial charge in [-0.15, -0.1) is 22.7 Å². The first kappa shape index (κ1) is 25.7. The second-order valence-corrected chi connectivity index (χ2v) is 13.3. The molecule has 8 nitrogen and oxygen atoms in total. The van der Waals surface area contributed by atoms with E-state index in [-0.39, 0.29) is 23.6 Å². The molecule has 4 fully saturated rings. The monoisotopic (exact) mass is 594 g/mol. The summed E-state index contributed by atoms with van der Waals surface area (Å²) in [4.78, 5) is 61.7. The van der Waals surface area contributed by atoms with Gasteiger partial charge in [0, 0.05) is 9.75 Å². The lowest BCUT2D eigenvalue weighted by atomic mass is 9.88. The molecule has 0 unspecified atom stereocenters. The zero-order valence-corrected chi connectivity index (χ0v) is 24.4. The van der Waals surface area contributed by atoms with Gasteiger partial charge in [-0.05, 0) is 72.1 Å². The van der Waals surface area contributed by atoms with E-state index in [1.54, 1.807) is 12.1 Å². The van der Waals surface area contributed by atoms with Gasteiger partial charge in [-0.2, -0.15) is 0 Å². The highest BCUT2D eigenvalue weighted by Crippen LogP contribution is 2.60. The predicted molar refractivity (Wildman–Crippen MR) is 160 cm³/mol. The topological polar surface area (TPSA) is 81.2 Å². The number of nitrogens with zero attached hydrogens (tertiary/aromatic N) is 4. The number of benzene rings is 2. The van der Waals surface area contributed by atoms with Crippen LogP contribution in [0.25, 0.3) is 0 Å². The van der Waals surface area contributed by atoms with Crippen LogP contribution in [0.3, 0.4) is 0 Å². The summed E-state index contributed by atoms with van der Waals surface area (Å²) in [5, 5.41) is 7.74. The minimum atomic E-state index is -0.837. The number of rotatable bonds is 4. The zero-order valence-electron chi connectivity index (χ0n) is 22.8. The summed E-state index contributed by atoms with van der Waals surface area (Å²) < 4.78 is 0. The molecule has 6 atom stereocenters. The van der Waals surface area contributed by atoms with Crippen LogP contribution in [-0.4, -0.2) is 45.7 Å². The number of anilines is 2. The molecule has 4 aliphatic heterocycles. The second-order valence-electron chi connectivity index (χ2n) is 11.3. The Bertz CT molecular complexity index is 1640. The molecule has 4 aromatic rings.